The molecule has 0 heterocycles. The van der Waals surface area contributed by atoms with E-state index in [1.807, 2.05) is 6.92 Å². The third-order valence-corrected chi connectivity index (χ3v) is 2.43. The van der Waals surface area contributed by atoms with E-state index in [0.29, 0.717) is 0 Å². The Kier molecular flexibility index (Phi) is 6.84. The Balaban J connectivity index is 2.98. The Morgan fingerprint density at radius 3 is 2.70 bits per heavy atom. The summed E-state index contributed by atoms with van der Waals surface area (Å²) >= 11 is 1.76. The van der Waals surface area contributed by atoms with E-state index < -0.39 is 0 Å². The van der Waals surface area contributed by atoms with Crippen LogP contribution in [-0.2, 0) is 0 Å². The van der Waals surface area contributed by atoms with Gasteiger partial charge in [-0.1, -0.05) is 19.8 Å². The van der Waals surface area contributed by atoms with Gasteiger partial charge in [0.05, 0.1) is 11.3 Å². The summed E-state index contributed by atoms with van der Waals surface area (Å²) in [5, 5.41) is 8.60. The van der Waals surface area contributed by atoms with Gasteiger partial charge in [0.25, 0.3) is 0 Å². The van der Waals surface area contributed by atoms with E-state index in [1.165, 1.54) is 19.3 Å². The number of hydrogen-bond acceptors (Lipinski definition) is 2. The summed E-state index contributed by atoms with van der Waals surface area (Å²) in [6, 6.07) is 2.20. The molecule has 0 rings (SSSR count). The van der Waals surface area contributed by atoms with E-state index >= 15 is 0 Å². The molecule has 1 unspecified atom stereocenters. The minimum Gasteiger partial charge on any atom is -0.197 e. The van der Waals surface area contributed by atoms with Crippen LogP contribution in [0, 0.1) is 11.3 Å². The number of hydrogen-bond donors (Lipinski definition) is 0. The second kappa shape index (κ2) is 6.95. The van der Waals surface area contributed by atoms with E-state index in [9.17, 15) is 0 Å². The Labute approximate surface area is 67.8 Å². The summed E-state index contributed by atoms with van der Waals surface area (Å²) in [4.78, 5) is 0. The first-order valence-corrected chi connectivity index (χ1v) is 4.87. The van der Waals surface area contributed by atoms with Crippen LogP contribution in [0.3, 0.4) is 0 Å². The lowest BCUT2D eigenvalue weighted by Gasteiger charge is -2.00. The van der Waals surface area contributed by atoms with E-state index in [-0.39, 0.29) is 5.25 Å². The maximum Gasteiger partial charge on any atom is 0.0888 e. The summed E-state index contributed by atoms with van der Waals surface area (Å²) in [7, 11) is 0. The first kappa shape index (κ1) is 9.84. The summed E-state index contributed by atoms with van der Waals surface area (Å²) in [5.41, 5.74) is 0. The zero-order valence-corrected chi connectivity index (χ0v) is 7.58. The van der Waals surface area contributed by atoms with Gasteiger partial charge in [0, 0.05) is 0 Å². The normalized spacial score (nSPS) is 12.5. The molecule has 0 amide bonds. The number of nitrogens with zero attached hydrogens (tertiary/aromatic N) is 1. The van der Waals surface area contributed by atoms with E-state index in [4.69, 9.17) is 5.26 Å². The minimum absolute atomic E-state index is 0.178. The lowest BCUT2D eigenvalue weighted by atomic mass is 10.3. The number of rotatable bonds is 5. The van der Waals surface area contributed by atoms with Crippen molar-refractivity contribution in [2.75, 3.05) is 5.75 Å². The van der Waals surface area contributed by atoms with Crippen LogP contribution in [0.1, 0.15) is 33.1 Å². The van der Waals surface area contributed by atoms with E-state index in [2.05, 4.69) is 13.0 Å². The highest BCUT2D eigenvalue weighted by Crippen LogP contribution is 2.11. The molecule has 0 aromatic carbocycles. The summed E-state index contributed by atoms with van der Waals surface area (Å²) < 4.78 is 0. The predicted molar refractivity (Wildman–Crippen MR) is 47.1 cm³/mol. The Bertz CT molecular complexity index is 106. The molecular weight excluding hydrogens is 142 g/mol. The molecule has 0 spiro atoms. The van der Waals surface area contributed by atoms with Gasteiger partial charge in [-0.2, -0.15) is 5.26 Å². The molecule has 0 N–H and O–H groups in total. The van der Waals surface area contributed by atoms with Gasteiger partial charge >= 0.3 is 0 Å². The van der Waals surface area contributed by atoms with Crippen LogP contribution in [0.15, 0.2) is 0 Å². The summed E-state index contributed by atoms with van der Waals surface area (Å²) in [6.07, 6.45) is 3.82. The van der Waals surface area contributed by atoms with Gasteiger partial charge in [-0.05, 0) is 19.1 Å². The lowest BCUT2D eigenvalue weighted by molar-refractivity contribution is 0.778. The molecule has 0 bridgehead atoms. The van der Waals surface area contributed by atoms with Crippen molar-refractivity contribution in [3.05, 3.63) is 0 Å². The SMILES string of the molecule is CCCCCSC(C)C#N. The standard InChI is InChI=1S/C8H15NS/c1-3-4-5-6-10-8(2)7-9/h8H,3-6H2,1-2H3. The van der Waals surface area contributed by atoms with E-state index in [0.717, 1.165) is 5.75 Å². The lowest BCUT2D eigenvalue weighted by Crippen LogP contribution is -1.91. The zero-order valence-electron chi connectivity index (χ0n) is 6.76. The Morgan fingerprint density at radius 2 is 2.20 bits per heavy atom. The first-order chi connectivity index (χ1) is 4.81. The molecule has 0 fully saturated rings. The largest absolute Gasteiger partial charge is 0.197 e. The van der Waals surface area contributed by atoms with Crippen LogP contribution in [0.4, 0.5) is 0 Å². The highest BCUT2D eigenvalue weighted by Gasteiger charge is 1.97. The van der Waals surface area contributed by atoms with Gasteiger partial charge in [0.1, 0.15) is 0 Å². The van der Waals surface area contributed by atoms with Gasteiger partial charge < -0.3 is 0 Å². The monoisotopic (exact) mass is 157 g/mol. The quantitative estimate of drug-likeness (QED) is 0.573. The van der Waals surface area contributed by atoms with Crippen molar-refractivity contribution < 1.29 is 0 Å². The van der Waals surface area contributed by atoms with Crippen LogP contribution in [0.5, 0.6) is 0 Å². The van der Waals surface area contributed by atoms with Crippen molar-refractivity contribution in [3.8, 4) is 6.07 Å². The molecule has 1 atom stereocenters. The van der Waals surface area contributed by atoms with Gasteiger partial charge in [-0.3, -0.25) is 0 Å². The molecular formula is C8H15NS. The van der Waals surface area contributed by atoms with Crippen molar-refractivity contribution in [1.82, 2.24) is 0 Å². The highest BCUT2D eigenvalue weighted by atomic mass is 32.2. The third-order valence-electron chi connectivity index (χ3n) is 1.30. The van der Waals surface area contributed by atoms with Gasteiger partial charge in [-0.15, -0.1) is 11.8 Å². The van der Waals surface area contributed by atoms with Crippen molar-refractivity contribution in [2.24, 2.45) is 0 Å². The van der Waals surface area contributed by atoms with Crippen LogP contribution in [0.25, 0.3) is 0 Å². The molecule has 0 radical (unpaired) electrons. The van der Waals surface area contributed by atoms with Crippen molar-refractivity contribution in [2.45, 2.75) is 38.4 Å². The van der Waals surface area contributed by atoms with Gasteiger partial charge in [0.2, 0.25) is 0 Å². The Hall–Kier alpha value is -0.160. The predicted octanol–water partition coefficient (Wildman–Crippen LogP) is 2.82. The fraction of sp³-hybridized carbons (Fsp3) is 0.875. The Morgan fingerprint density at radius 1 is 1.50 bits per heavy atom. The highest BCUT2D eigenvalue weighted by molar-refractivity contribution is 8.00. The van der Waals surface area contributed by atoms with Gasteiger partial charge in [-0.25, -0.2) is 0 Å². The molecule has 2 heteroatoms. The van der Waals surface area contributed by atoms with Crippen molar-refractivity contribution >= 4 is 11.8 Å². The zero-order chi connectivity index (χ0) is 7.82. The van der Waals surface area contributed by atoms with Gasteiger partial charge in [0.15, 0.2) is 0 Å². The molecule has 0 aromatic heterocycles. The molecule has 0 aliphatic rings. The fourth-order valence-electron chi connectivity index (χ4n) is 0.649. The summed E-state index contributed by atoms with van der Waals surface area (Å²) in [5.74, 6) is 1.14. The number of unbranched alkanes of at least 4 members (excludes halogenated alkanes) is 2. The smallest absolute Gasteiger partial charge is 0.0888 e. The fourth-order valence-corrected chi connectivity index (χ4v) is 1.45. The number of thioether (sulfide) groups is 1. The topological polar surface area (TPSA) is 23.8 Å². The molecule has 0 saturated heterocycles. The van der Waals surface area contributed by atoms with Crippen LogP contribution < -0.4 is 0 Å². The summed E-state index contributed by atoms with van der Waals surface area (Å²) in [6.45, 7) is 4.15. The first-order valence-electron chi connectivity index (χ1n) is 3.82. The van der Waals surface area contributed by atoms with Crippen LogP contribution in [0.2, 0.25) is 0 Å². The maximum absolute atomic E-state index is 8.42. The average molecular weight is 157 g/mol. The molecule has 10 heavy (non-hydrogen) atoms. The van der Waals surface area contributed by atoms with Crippen LogP contribution in [-0.4, -0.2) is 11.0 Å². The van der Waals surface area contributed by atoms with Crippen molar-refractivity contribution in [3.63, 3.8) is 0 Å². The minimum atomic E-state index is 0.178. The third kappa shape index (κ3) is 5.97. The van der Waals surface area contributed by atoms with Crippen LogP contribution >= 0.6 is 11.8 Å². The molecule has 0 aliphatic heterocycles. The molecule has 0 aromatic rings. The van der Waals surface area contributed by atoms with Crippen molar-refractivity contribution in [1.29, 1.82) is 5.26 Å². The second-order valence-electron chi connectivity index (χ2n) is 2.35. The molecule has 0 aliphatic carbocycles. The molecule has 0 saturated carbocycles. The molecule has 1 nitrogen and oxygen atoms in total. The number of nitriles is 1. The second-order valence-corrected chi connectivity index (χ2v) is 3.80. The molecule has 58 valence electrons. The average Bonchev–Trinajstić information content (AvgIpc) is 1.98. The maximum atomic E-state index is 8.42. The van der Waals surface area contributed by atoms with E-state index in [1.54, 1.807) is 11.8 Å².